The predicted molar refractivity (Wildman–Crippen MR) is 122 cm³/mol. The summed E-state index contributed by atoms with van der Waals surface area (Å²) in [5.41, 5.74) is 2.37. The highest BCUT2D eigenvalue weighted by atomic mass is 16.5. The average Bonchev–Trinajstić information content (AvgIpc) is 2.62. The van der Waals surface area contributed by atoms with Crippen molar-refractivity contribution in [3.63, 3.8) is 0 Å². The van der Waals surface area contributed by atoms with E-state index in [1.807, 2.05) is 45.9 Å². The first-order chi connectivity index (χ1) is 14.2. The van der Waals surface area contributed by atoms with E-state index in [4.69, 9.17) is 18.6 Å². The molecule has 2 aromatic rings. The Morgan fingerprint density at radius 1 is 1.00 bits per heavy atom. The zero-order chi connectivity index (χ0) is 22.3. The van der Waals surface area contributed by atoms with Crippen LogP contribution in [0.3, 0.4) is 0 Å². The quantitative estimate of drug-likeness (QED) is 0.331. The molecule has 0 radical (unpaired) electrons. The lowest BCUT2D eigenvalue weighted by Gasteiger charge is -2.16. The van der Waals surface area contributed by atoms with Crippen molar-refractivity contribution < 1.29 is 18.6 Å². The number of ether oxygens (including phenoxy) is 3. The summed E-state index contributed by atoms with van der Waals surface area (Å²) in [7, 11) is 0. The molecule has 1 aromatic heterocycles. The Labute approximate surface area is 179 Å². The molecule has 0 aliphatic rings. The Balaban J connectivity index is 2.30. The number of benzene rings is 1. The highest BCUT2D eigenvalue weighted by molar-refractivity contribution is 5.86. The minimum Gasteiger partial charge on any atom is -0.491 e. The maximum Gasteiger partial charge on any atom is 0.383 e. The third-order valence-corrected chi connectivity index (χ3v) is 4.27. The Morgan fingerprint density at radius 2 is 1.70 bits per heavy atom. The van der Waals surface area contributed by atoms with Crippen LogP contribution in [0.15, 0.2) is 50.7 Å². The summed E-state index contributed by atoms with van der Waals surface area (Å²) in [6.07, 6.45) is 6.05. The SMILES string of the molecule is CC(C)=CCCC(C)=CCOc1c(OC(C)C)c2ccc(OC(C)C)cc2oc1=O. The fraction of sp³-hybridized carbons (Fsp3) is 0.480. The molecule has 0 saturated heterocycles. The van der Waals surface area contributed by atoms with Crippen molar-refractivity contribution in [1.82, 2.24) is 0 Å². The largest absolute Gasteiger partial charge is 0.491 e. The third-order valence-electron chi connectivity index (χ3n) is 4.27. The van der Waals surface area contributed by atoms with Gasteiger partial charge in [-0.15, -0.1) is 0 Å². The van der Waals surface area contributed by atoms with Crippen molar-refractivity contribution >= 4 is 11.0 Å². The van der Waals surface area contributed by atoms with Crippen molar-refractivity contribution in [3.05, 3.63) is 51.9 Å². The summed E-state index contributed by atoms with van der Waals surface area (Å²) in [5, 5.41) is 0.679. The molecule has 0 fully saturated rings. The molecule has 5 heteroatoms. The van der Waals surface area contributed by atoms with Gasteiger partial charge in [0.25, 0.3) is 0 Å². The third kappa shape index (κ3) is 6.97. The Bertz CT molecular complexity index is 959. The van der Waals surface area contributed by atoms with Gasteiger partial charge < -0.3 is 18.6 Å². The molecule has 0 N–H and O–H groups in total. The number of fused-ring (bicyclic) bond motifs is 1. The van der Waals surface area contributed by atoms with Gasteiger partial charge in [-0.05, 0) is 79.5 Å². The van der Waals surface area contributed by atoms with Gasteiger partial charge in [-0.3, -0.25) is 0 Å². The number of hydrogen-bond acceptors (Lipinski definition) is 5. The summed E-state index contributed by atoms with van der Waals surface area (Å²) in [6.45, 7) is 14.2. The van der Waals surface area contributed by atoms with E-state index >= 15 is 0 Å². The van der Waals surface area contributed by atoms with Gasteiger partial charge in [0.15, 0.2) is 5.75 Å². The van der Waals surface area contributed by atoms with E-state index < -0.39 is 5.63 Å². The zero-order valence-electron chi connectivity index (χ0n) is 19.2. The fourth-order valence-electron chi connectivity index (χ4n) is 2.92. The Hall–Kier alpha value is -2.69. The van der Waals surface area contributed by atoms with E-state index in [-0.39, 0.29) is 24.6 Å². The van der Waals surface area contributed by atoms with Gasteiger partial charge >= 0.3 is 5.63 Å². The number of hydrogen-bond donors (Lipinski definition) is 0. The van der Waals surface area contributed by atoms with Crippen LogP contribution in [0.25, 0.3) is 11.0 Å². The van der Waals surface area contributed by atoms with Crippen molar-refractivity contribution in [2.24, 2.45) is 0 Å². The summed E-state index contributed by atoms with van der Waals surface area (Å²) < 4.78 is 23.0. The smallest absolute Gasteiger partial charge is 0.383 e. The molecule has 5 nitrogen and oxygen atoms in total. The maximum absolute atomic E-state index is 12.7. The molecule has 0 aliphatic carbocycles. The molecule has 0 spiro atoms. The lowest BCUT2D eigenvalue weighted by molar-refractivity contribution is 0.224. The summed E-state index contributed by atoms with van der Waals surface area (Å²) in [5.74, 6) is 1.14. The molecule has 1 aromatic carbocycles. The second-order valence-electron chi connectivity index (χ2n) is 8.22. The minimum absolute atomic E-state index is 0.0231. The van der Waals surface area contributed by atoms with E-state index in [1.54, 1.807) is 6.07 Å². The van der Waals surface area contributed by atoms with Gasteiger partial charge in [0.2, 0.25) is 5.75 Å². The predicted octanol–water partition coefficient (Wildman–Crippen LogP) is 6.44. The lowest BCUT2D eigenvalue weighted by atomic mass is 10.1. The van der Waals surface area contributed by atoms with Crippen LogP contribution in [0.1, 0.15) is 61.3 Å². The van der Waals surface area contributed by atoms with Crippen LogP contribution in [0, 0.1) is 0 Å². The topological polar surface area (TPSA) is 57.9 Å². The first-order valence-corrected chi connectivity index (χ1v) is 10.5. The molecular weight excluding hydrogens is 380 g/mol. The molecule has 0 aliphatic heterocycles. The van der Waals surface area contributed by atoms with Crippen LogP contribution in [0.2, 0.25) is 0 Å². The van der Waals surface area contributed by atoms with Crippen LogP contribution in [0.5, 0.6) is 17.2 Å². The van der Waals surface area contributed by atoms with E-state index in [0.29, 0.717) is 22.5 Å². The second-order valence-corrected chi connectivity index (χ2v) is 8.22. The number of allylic oxidation sites excluding steroid dienone is 3. The number of rotatable bonds is 10. The first kappa shape index (κ1) is 23.6. The van der Waals surface area contributed by atoms with Crippen LogP contribution in [0.4, 0.5) is 0 Å². The molecule has 0 atom stereocenters. The van der Waals surface area contributed by atoms with Gasteiger partial charge in [0.05, 0.1) is 17.6 Å². The van der Waals surface area contributed by atoms with E-state index in [0.717, 1.165) is 12.8 Å². The highest BCUT2D eigenvalue weighted by Gasteiger charge is 2.19. The molecular formula is C25H34O5. The van der Waals surface area contributed by atoms with Crippen LogP contribution in [-0.4, -0.2) is 18.8 Å². The van der Waals surface area contributed by atoms with Crippen molar-refractivity contribution in [2.75, 3.05) is 6.61 Å². The Morgan fingerprint density at radius 3 is 2.33 bits per heavy atom. The monoisotopic (exact) mass is 414 g/mol. The zero-order valence-corrected chi connectivity index (χ0v) is 19.2. The molecule has 30 heavy (non-hydrogen) atoms. The molecule has 0 saturated carbocycles. The van der Waals surface area contributed by atoms with Crippen molar-refractivity contribution in [2.45, 2.75) is 73.5 Å². The average molecular weight is 415 g/mol. The second kappa shape index (κ2) is 10.9. The van der Waals surface area contributed by atoms with Gasteiger partial charge in [-0.25, -0.2) is 4.79 Å². The van der Waals surface area contributed by atoms with Gasteiger partial charge in [-0.1, -0.05) is 17.2 Å². The van der Waals surface area contributed by atoms with Gasteiger partial charge in [-0.2, -0.15) is 0 Å². The van der Waals surface area contributed by atoms with E-state index in [2.05, 4.69) is 26.8 Å². The van der Waals surface area contributed by atoms with Crippen molar-refractivity contribution in [1.29, 1.82) is 0 Å². The molecule has 0 amide bonds. The highest BCUT2D eigenvalue weighted by Crippen LogP contribution is 2.35. The summed E-state index contributed by atoms with van der Waals surface area (Å²) in [6, 6.07) is 5.38. The maximum atomic E-state index is 12.7. The molecule has 164 valence electrons. The fourth-order valence-corrected chi connectivity index (χ4v) is 2.92. The molecule has 1 heterocycles. The van der Waals surface area contributed by atoms with Crippen molar-refractivity contribution in [3.8, 4) is 17.2 Å². The van der Waals surface area contributed by atoms with E-state index in [9.17, 15) is 4.79 Å². The van der Waals surface area contributed by atoms with Crippen LogP contribution < -0.4 is 19.8 Å². The van der Waals surface area contributed by atoms with Gasteiger partial charge in [0.1, 0.15) is 17.9 Å². The van der Waals surface area contributed by atoms with Gasteiger partial charge in [0, 0.05) is 6.07 Å². The van der Waals surface area contributed by atoms with E-state index in [1.165, 1.54) is 11.1 Å². The Kier molecular flexibility index (Phi) is 8.58. The summed E-state index contributed by atoms with van der Waals surface area (Å²) >= 11 is 0. The summed E-state index contributed by atoms with van der Waals surface area (Å²) in [4.78, 5) is 12.7. The lowest BCUT2D eigenvalue weighted by Crippen LogP contribution is -2.14. The molecule has 0 bridgehead atoms. The molecule has 0 unspecified atom stereocenters. The minimum atomic E-state index is -0.560. The van der Waals surface area contributed by atoms with Crippen LogP contribution in [-0.2, 0) is 0 Å². The normalized spacial score (nSPS) is 11.8. The first-order valence-electron chi connectivity index (χ1n) is 10.5. The standard InChI is InChI=1S/C25H34O5/c1-16(2)9-8-10-19(7)13-14-27-24-23(29-18(5)6)21-12-11-20(28-17(3)4)15-22(21)30-25(24)26/h9,11-13,15,17-18H,8,10,14H2,1-7H3. The van der Waals surface area contributed by atoms with Crippen LogP contribution >= 0.6 is 0 Å². The molecule has 2 rings (SSSR count).